The van der Waals surface area contributed by atoms with Crippen LogP contribution in [0.5, 0.6) is 0 Å². The Hall–Kier alpha value is -2.36. The highest BCUT2D eigenvalue weighted by Gasteiger charge is 2.04. The standard InChI is InChI=1S/C15H16N4/c1-11-6-7-12-4-3-5-14(15(12)18-11)16-10-13-8-9-17-19(13)2/h3-9,16H,10H2,1-2H3. The first-order valence-corrected chi connectivity index (χ1v) is 6.31. The predicted molar refractivity (Wildman–Crippen MR) is 77.0 cm³/mol. The smallest absolute Gasteiger partial charge is 0.0936 e. The zero-order chi connectivity index (χ0) is 13.2. The minimum absolute atomic E-state index is 0.741. The lowest BCUT2D eigenvalue weighted by molar-refractivity contribution is 0.720. The lowest BCUT2D eigenvalue weighted by Gasteiger charge is -2.09. The first-order chi connectivity index (χ1) is 9.24. The third kappa shape index (κ3) is 2.29. The van der Waals surface area contributed by atoms with E-state index in [1.807, 2.05) is 43.0 Å². The maximum atomic E-state index is 4.61. The fraction of sp³-hybridized carbons (Fsp3) is 0.200. The van der Waals surface area contributed by atoms with E-state index in [1.54, 1.807) is 0 Å². The van der Waals surface area contributed by atoms with Gasteiger partial charge in [-0.2, -0.15) is 5.10 Å². The number of nitrogens with one attached hydrogen (secondary N) is 1. The molecule has 0 atom stereocenters. The van der Waals surface area contributed by atoms with Crippen LogP contribution >= 0.6 is 0 Å². The lowest BCUT2D eigenvalue weighted by Crippen LogP contribution is -2.06. The number of anilines is 1. The van der Waals surface area contributed by atoms with E-state index >= 15 is 0 Å². The molecule has 2 aromatic heterocycles. The summed E-state index contributed by atoms with van der Waals surface area (Å²) in [4.78, 5) is 4.61. The van der Waals surface area contributed by atoms with E-state index in [-0.39, 0.29) is 0 Å². The van der Waals surface area contributed by atoms with E-state index in [1.165, 1.54) is 0 Å². The number of aromatic nitrogens is 3. The molecular weight excluding hydrogens is 236 g/mol. The molecule has 96 valence electrons. The summed E-state index contributed by atoms with van der Waals surface area (Å²) in [5.74, 6) is 0. The molecule has 2 heterocycles. The summed E-state index contributed by atoms with van der Waals surface area (Å²) in [7, 11) is 1.95. The Bertz CT molecular complexity index is 715. The maximum absolute atomic E-state index is 4.61. The fourth-order valence-electron chi connectivity index (χ4n) is 2.15. The number of benzene rings is 1. The molecule has 3 aromatic rings. The van der Waals surface area contributed by atoms with Gasteiger partial charge >= 0.3 is 0 Å². The van der Waals surface area contributed by atoms with E-state index < -0.39 is 0 Å². The highest BCUT2D eigenvalue weighted by atomic mass is 15.3. The lowest BCUT2D eigenvalue weighted by atomic mass is 10.1. The molecule has 0 fully saturated rings. The Kier molecular flexibility index (Phi) is 2.91. The first-order valence-electron chi connectivity index (χ1n) is 6.31. The number of pyridine rings is 1. The average Bonchev–Trinajstić information content (AvgIpc) is 2.82. The van der Waals surface area contributed by atoms with Gasteiger partial charge in [-0.05, 0) is 25.1 Å². The van der Waals surface area contributed by atoms with Gasteiger partial charge < -0.3 is 5.32 Å². The van der Waals surface area contributed by atoms with Crippen LogP contribution in [0.3, 0.4) is 0 Å². The Labute approximate surface area is 112 Å². The molecule has 1 aromatic carbocycles. The second-order valence-corrected chi connectivity index (χ2v) is 4.63. The monoisotopic (exact) mass is 252 g/mol. The normalized spacial score (nSPS) is 10.8. The molecular formula is C15H16N4. The molecule has 0 bridgehead atoms. The molecule has 0 spiro atoms. The van der Waals surface area contributed by atoms with Crippen LogP contribution < -0.4 is 5.32 Å². The summed E-state index contributed by atoms with van der Waals surface area (Å²) < 4.78 is 1.87. The van der Waals surface area contributed by atoms with Crippen molar-refractivity contribution in [3.05, 3.63) is 54.0 Å². The van der Waals surface area contributed by atoms with Crippen molar-refractivity contribution in [2.75, 3.05) is 5.32 Å². The molecule has 0 aliphatic rings. The van der Waals surface area contributed by atoms with Gasteiger partial charge in [-0.15, -0.1) is 0 Å². The summed E-state index contributed by atoms with van der Waals surface area (Å²) in [6.07, 6.45) is 1.81. The van der Waals surface area contributed by atoms with Crippen molar-refractivity contribution in [2.24, 2.45) is 7.05 Å². The number of hydrogen-bond acceptors (Lipinski definition) is 3. The Balaban J connectivity index is 1.92. The molecule has 19 heavy (non-hydrogen) atoms. The molecule has 0 saturated heterocycles. The van der Waals surface area contributed by atoms with E-state index in [9.17, 15) is 0 Å². The van der Waals surface area contributed by atoms with E-state index in [4.69, 9.17) is 0 Å². The predicted octanol–water partition coefficient (Wildman–Crippen LogP) is 2.89. The first kappa shape index (κ1) is 11.7. The van der Waals surface area contributed by atoms with Gasteiger partial charge in [0.1, 0.15) is 0 Å². The van der Waals surface area contributed by atoms with Gasteiger partial charge in [-0.3, -0.25) is 9.67 Å². The zero-order valence-corrected chi connectivity index (χ0v) is 11.1. The Morgan fingerprint density at radius 3 is 2.84 bits per heavy atom. The number of para-hydroxylation sites is 1. The van der Waals surface area contributed by atoms with Crippen LogP contribution in [0.15, 0.2) is 42.6 Å². The molecule has 3 rings (SSSR count). The minimum atomic E-state index is 0.741. The summed E-state index contributed by atoms with van der Waals surface area (Å²) in [6, 6.07) is 12.3. The van der Waals surface area contributed by atoms with Crippen molar-refractivity contribution in [1.82, 2.24) is 14.8 Å². The Morgan fingerprint density at radius 2 is 2.05 bits per heavy atom. The number of aryl methyl sites for hydroxylation is 2. The SMILES string of the molecule is Cc1ccc2cccc(NCc3ccnn3C)c2n1. The Morgan fingerprint density at radius 1 is 1.16 bits per heavy atom. The number of rotatable bonds is 3. The largest absolute Gasteiger partial charge is 0.378 e. The highest BCUT2D eigenvalue weighted by Crippen LogP contribution is 2.22. The molecule has 4 nitrogen and oxygen atoms in total. The van der Waals surface area contributed by atoms with Crippen molar-refractivity contribution in [2.45, 2.75) is 13.5 Å². The van der Waals surface area contributed by atoms with Crippen LogP contribution in [0.2, 0.25) is 0 Å². The van der Waals surface area contributed by atoms with Gasteiger partial charge in [0.15, 0.2) is 0 Å². The molecule has 0 aliphatic carbocycles. The van der Waals surface area contributed by atoms with E-state index in [0.29, 0.717) is 0 Å². The van der Waals surface area contributed by atoms with Gasteiger partial charge in [0.2, 0.25) is 0 Å². The van der Waals surface area contributed by atoms with Crippen molar-refractivity contribution in [1.29, 1.82) is 0 Å². The molecule has 0 aliphatic heterocycles. The molecule has 4 heteroatoms. The van der Waals surface area contributed by atoms with E-state index in [0.717, 1.165) is 34.5 Å². The number of fused-ring (bicyclic) bond motifs is 1. The molecule has 1 N–H and O–H groups in total. The van der Waals surface area contributed by atoms with Crippen LogP contribution in [0.1, 0.15) is 11.4 Å². The molecule has 0 saturated carbocycles. The summed E-state index contributed by atoms with van der Waals surface area (Å²) >= 11 is 0. The second-order valence-electron chi connectivity index (χ2n) is 4.63. The molecule has 0 unspecified atom stereocenters. The van der Waals surface area contributed by atoms with E-state index in [2.05, 4.69) is 33.6 Å². The summed E-state index contributed by atoms with van der Waals surface area (Å²) in [6.45, 7) is 2.75. The van der Waals surface area contributed by atoms with Gasteiger partial charge in [-0.25, -0.2) is 0 Å². The second kappa shape index (κ2) is 4.72. The van der Waals surface area contributed by atoms with Crippen LogP contribution in [0, 0.1) is 6.92 Å². The third-order valence-corrected chi connectivity index (χ3v) is 3.24. The molecule has 0 amide bonds. The number of nitrogens with zero attached hydrogens (tertiary/aromatic N) is 3. The quantitative estimate of drug-likeness (QED) is 0.779. The van der Waals surface area contributed by atoms with Crippen LogP contribution in [0.4, 0.5) is 5.69 Å². The van der Waals surface area contributed by atoms with Crippen LogP contribution in [-0.2, 0) is 13.6 Å². The zero-order valence-electron chi connectivity index (χ0n) is 11.1. The van der Waals surface area contributed by atoms with Crippen molar-refractivity contribution in [3.63, 3.8) is 0 Å². The van der Waals surface area contributed by atoms with Gasteiger partial charge in [0.05, 0.1) is 23.4 Å². The summed E-state index contributed by atoms with van der Waals surface area (Å²) in [5.41, 5.74) is 4.25. The number of hydrogen-bond donors (Lipinski definition) is 1. The molecule has 0 radical (unpaired) electrons. The average molecular weight is 252 g/mol. The van der Waals surface area contributed by atoms with Crippen molar-refractivity contribution < 1.29 is 0 Å². The van der Waals surface area contributed by atoms with Gasteiger partial charge in [0, 0.05) is 24.3 Å². The van der Waals surface area contributed by atoms with Crippen molar-refractivity contribution >= 4 is 16.6 Å². The van der Waals surface area contributed by atoms with Gasteiger partial charge in [0.25, 0.3) is 0 Å². The van der Waals surface area contributed by atoms with Crippen LogP contribution in [-0.4, -0.2) is 14.8 Å². The fourth-order valence-corrected chi connectivity index (χ4v) is 2.15. The van der Waals surface area contributed by atoms with Crippen LogP contribution in [0.25, 0.3) is 10.9 Å². The highest BCUT2D eigenvalue weighted by molar-refractivity contribution is 5.90. The maximum Gasteiger partial charge on any atom is 0.0936 e. The minimum Gasteiger partial charge on any atom is -0.378 e. The van der Waals surface area contributed by atoms with Crippen molar-refractivity contribution in [3.8, 4) is 0 Å². The topological polar surface area (TPSA) is 42.7 Å². The summed E-state index contributed by atoms with van der Waals surface area (Å²) in [5, 5.41) is 8.75. The van der Waals surface area contributed by atoms with Gasteiger partial charge in [-0.1, -0.05) is 18.2 Å². The third-order valence-electron chi connectivity index (χ3n) is 3.24.